The van der Waals surface area contributed by atoms with Crippen molar-refractivity contribution in [2.24, 2.45) is 5.73 Å². The Morgan fingerprint density at radius 2 is 2.05 bits per heavy atom. The summed E-state index contributed by atoms with van der Waals surface area (Å²) in [7, 11) is 4.23. The number of hydrogen-bond acceptors (Lipinski definition) is 4. The van der Waals surface area contributed by atoms with Gasteiger partial charge in [-0.25, -0.2) is 0 Å². The molecule has 1 fully saturated rings. The number of benzene rings is 1. The zero-order chi connectivity index (χ0) is 14.5. The Bertz CT molecular complexity index is 396. The summed E-state index contributed by atoms with van der Waals surface area (Å²) in [5.74, 6) is 0. The average molecular weight is 277 g/mol. The summed E-state index contributed by atoms with van der Waals surface area (Å²) in [5, 5.41) is 10.3. The van der Waals surface area contributed by atoms with Crippen LogP contribution in [0.25, 0.3) is 0 Å². The van der Waals surface area contributed by atoms with Crippen molar-refractivity contribution in [1.82, 2.24) is 9.80 Å². The fourth-order valence-electron chi connectivity index (χ4n) is 2.82. The molecule has 1 aliphatic heterocycles. The van der Waals surface area contributed by atoms with Gasteiger partial charge >= 0.3 is 0 Å². The summed E-state index contributed by atoms with van der Waals surface area (Å²) in [6.45, 7) is 2.76. The van der Waals surface area contributed by atoms with Crippen LogP contribution in [0.5, 0.6) is 0 Å². The van der Waals surface area contributed by atoms with Crippen molar-refractivity contribution in [1.29, 1.82) is 0 Å². The van der Waals surface area contributed by atoms with Crippen LogP contribution in [-0.4, -0.2) is 66.8 Å². The lowest BCUT2D eigenvalue weighted by Gasteiger charge is -2.25. The molecule has 3 atom stereocenters. The van der Waals surface area contributed by atoms with Crippen LogP contribution in [0.1, 0.15) is 12.0 Å². The summed E-state index contributed by atoms with van der Waals surface area (Å²) >= 11 is 0. The predicted octanol–water partition coefficient (Wildman–Crippen LogP) is 0.553. The molecule has 0 bridgehead atoms. The maximum absolute atomic E-state index is 10.3. The molecule has 3 N–H and O–H groups in total. The third-order valence-corrected chi connectivity index (χ3v) is 4.23. The minimum atomic E-state index is -0.462. The van der Waals surface area contributed by atoms with E-state index >= 15 is 0 Å². The topological polar surface area (TPSA) is 52.7 Å². The number of likely N-dealkylation sites (tertiary alicyclic amines) is 1. The number of nitrogens with zero attached hydrogens (tertiary/aromatic N) is 2. The second-order valence-electron chi connectivity index (χ2n) is 6.09. The third kappa shape index (κ3) is 4.28. The molecule has 1 aromatic rings. The zero-order valence-corrected chi connectivity index (χ0v) is 12.6. The summed E-state index contributed by atoms with van der Waals surface area (Å²) in [4.78, 5) is 4.58. The van der Waals surface area contributed by atoms with E-state index in [-0.39, 0.29) is 6.04 Å². The van der Waals surface area contributed by atoms with Crippen molar-refractivity contribution in [3.63, 3.8) is 0 Å². The van der Waals surface area contributed by atoms with Gasteiger partial charge < -0.3 is 15.7 Å². The maximum Gasteiger partial charge on any atom is 0.0820 e. The van der Waals surface area contributed by atoms with Gasteiger partial charge in [-0.2, -0.15) is 0 Å². The van der Waals surface area contributed by atoms with E-state index in [1.165, 1.54) is 12.0 Å². The van der Waals surface area contributed by atoms with Gasteiger partial charge in [0.15, 0.2) is 0 Å². The van der Waals surface area contributed by atoms with Gasteiger partial charge in [0, 0.05) is 25.2 Å². The maximum atomic E-state index is 10.3. The second-order valence-corrected chi connectivity index (χ2v) is 6.09. The van der Waals surface area contributed by atoms with Gasteiger partial charge in [-0.1, -0.05) is 30.3 Å². The van der Waals surface area contributed by atoms with E-state index in [0.29, 0.717) is 12.6 Å². The molecule has 1 heterocycles. The van der Waals surface area contributed by atoms with Gasteiger partial charge in [0.1, 0.15) is 0 Å². The summed E-state index contributed by atoms with van der Waals surface area (Å²) in [6.07, 6.45) is 1.44. The minimum absolute atomic E-state index is 0.198. The first kappa shape index (κ1) is 15.4. The van der Waals surface area contributed by atoms with Crippen LogP contribution < -0.4 is 5.73 Å². The Labute approximate surface area is 122 Å². The van der Waals surface area contributed by atoms with Gasteiger partial charge in [-0.3, -0.25) is 4.90 Å². The van der Waals surface area contributed by atoms with Crippen molar-refractivity contribution in [2.75, 3.05) is 33.7 Å². The lowest BCUT2D eigenvalue weighted by molar-refractivity contribution is 0.0982. The van der Waals surface area contributed by atoms with Crippen LogP contribution in [0.4, 0.5) is 0 Å². The molecule has 0 saturated carbocycles. The van der Waals surface area contributed by atoms with Gasteiger partial charge in [-0.15, -0.1) is 0 Å². The Morgan fingerprint density at radius 1 is 1.35 bits per heavy atom. The molecule has 0 amide bonds. The molecule has 3 unspecified atom stereocenters. The van der Waals surface area contributed by atoms with Crippen LogP contribution in [0.15, 0.2) is 30.3 Å². The molecule has 4 heteroatoms. The number of nitrogens with two attached hydrogens (primary N) is 1. The molecule has 0 spiro atoms. The van der Waals surface area contributed by atoms with Crippen LogP contribution >= 0.6 is 0 Å². The van der Waals surface area contributed by atoms with Crippen LogP contribution in [-0.2, 0) is 6.42 Å². The molecule has 112 valence electrons. The van der Waals surface area contributed by atoms with Crippen LogP contribution in [0, 0.1) is 0 Å². The second kappa shape index (κ2) is 7.18. The first-order valence-corrected chi connectivity index (χ1v) is 7.42. The zero-order valence-electron chi connectivity index (χ0n) is 12.6. The van der Waals surface area contributed by atoms with Crippen molar-refractivity contribution in [3.8, 4) is 0 Å². The summed E-state index contributed by atoms with van der Waals surface area (Å²) < 4.78 is 0. The number of likely N-dealkylation sites (N-methyl/N-ethyl adjacent to an activating group) is 1. The Hall–Kier alpha value is -0.940. The molecule has 1 saturated heterocycles. The average Bonchev–Trinajstić information content (AvgIpc) is 2.88. The van der Waals surface area contributed by atoms with Gasteiger partial charge in [0.05, 0.1) is 6.10 Å². The van der Waals surface area contributed by atoms with Crippen molar-refractivity contribution in [2.45, 2.75) is 31.0 Å². The summed E-state index contributed by atoms with van der Waals surface area (Å²) in [5.41, 5.74) is 7.32. The van der Waals surface area contributed by atoms with E-state index in [1.54, 1.807) is 0 Å². The summed E-state index contributed by atoms with van der Waals surface area (Å²) in [6, 6.07) is 10.5. The molecular weight excluding hydrogens is 250 g/mol. The number of aliphatic hydroxyl groups excluding tert-OH is 1. The van der Waals surface area contributed by atoms with Gasteiger partial charge in [0.25, 0.3) is 0 Å². The molecule has 0 radical (unpaired) electrons. The standard InChI is InChI=1S/C16H27N3O/c1-18(2)14-8-9-19(11-14)12-16(20)15(17)10-13-6-4-3-5-7-13/h3-7,14-16,20H,8-12,17H2,1-2H3. The number of rotatable bonds is 6. The monoisotopic (exact) mass is 277 g/mol. The Balaban J connectivity index is 1.78. The van der Waals surface area contributed by atoms with E-state index in [2.05, 4.69) is 36.0 Å². The van der Waals surface area contributed by atoms with Gasteiger partial charge in [-0.05, 0) is 39.0 Å². The highest BCUT2D eigenvalue weighted by Crippen LogP contribution is 2.14. The van der Waals surface area contributed by atoms with Crippen molar-refractivity contribution in [3.05, 3.63) is 35.9 Å². The first-order chi connectivity index (χ1) is 9.56. The molecule has 2 rings (SSSR count). The van der Waals surface area contributed by atoms with E-state index in [4.69, 9.17) is 5.73 Å². The van der Waals surface area contributed by atoms with Crippen molar-refractivity contribution < 1.29 is 5.11 Å². The van der Waals surface area contributed by atoms with E-state index in [9.17, 15) is 5.11 Å². The largest absolute Gasteiger partial charge is 0.390 e. The fourth-order valence-corrected chi connectivity index (χ4v) is 2.82. The van der Waals surface area contributed by atoms with E-state index in [0.717, 1.165) is 19.5 Å². The smallest absolute Gasteiger partial charge is 0.0820 e. The Kier molecular flexibility index (Phi) is 5.54. The third-order valence-electron chi connectivity index (χ3n) is 4.23. The molecular formula is C16H27N3O. The molecule has 1 aliphatic rings. The highest BCUT2D eigenvalue weighted by atomic mass is 16.3. The fraction of sp³-hybridized carbons (Fsp3) is 0.625. The van der Waals surface area contributed by atoms with E-state index < -0.39 is 6.10 Å². The SMILES string of the molecule is CN(C)C1CCN(CC(O)C(N)Cc2ccccc2)C1. The molecule has 0 aromatic heterocycles. The first-order valence-electron chi connectivity index (χ1n) is 7.42. The quantitative estimate of drug-likeness (QED) is 0.797. The lowest BCUT2D eigenvalue weighted by atomic mass is 10.0. The van der Waals surface area contributed by atoms with Crippen LogP contribution in [0.3, 0.4) is 0 Å². The highest BCUT2D eigenvalue weighted by Gasteiger charge is 2.27. The minimum Gasteiger partial charge on any atom is -0.390 e. The lowest BCUT2D eigenvalue weighted by Crippen LogP contribution is -2.44. The number of aliphatic hydroxyl groups is 1. The van der Waals surface area contributed by atoms with Gasteiger partial charge in [0.2, 0.25) is 0 Å². The number of hydrogen-bond donors (Lipinski definition) is 2. The molecule has 0 aliphatic carbocycles. The number of β-amino-alcohol motifs (C(OH)–C–C–N with tert-alkyl or cyclic N) is 1. The van der Waals surface area contributed by atoms with Crippen LogP contribution in [0.2, 0.25) is 0 Å². The van der Waals surface area contributed by atoms with Crippen molar-refractivity contribution >= 4 is 0 Å². The normalized spacial score (nSPS) is 23.1. The molecule has 20 heavy (non-hydrogen) atoms. The highest BCUT2D eigenvalue weighted by molar-refractivity contribution is 5.16. The van der Waals surface area contributed by atoms with E-state index in [1.807, 2.05) is 18.2 Å². The Morgan fingerprint density at radius 3 is 2.65 bits per heavy atom. The predicted molar refractivity (Wildman–Crippen MR) is 82.7 cm³/mol. The molecule has 1 aromatic carbocycles. The molecule has 4 nitrogen and oxygen atoms in total.